The highest BCUT2D eigenvalue weighted by Crippen LogP contribution is 2.23. The van der Waals surface area contributed by atoms with Crippen molar-refractivity contribution in [3.8, 4) is 0 Å². The highest BCUT2D eigenvalue weighted by atomic mass is 16.3. The molecule has 2 aromatic rings. The van der Waals surface area contributed by atoms with E-state index in [4.69, 9.17) is 0 Å². The number of imidazole rings is 1. The van der Waals surface area contributed by atoms with Crippen LogP contribution in [0, 0.1) is 6.92 Å². The van der Waals surface area contributed by atoms with Crippen LogP contribution >= 0.6 is 0 Å². The molecular weight excluding hydrogens is 250 g/mol. The van der Waals surface area contributed by atoms with Crippen molar-refractivity contribution in [2.24, 2.45) is 7.05 Å². The first-order chi connectivity index (χ1) is 9.43. The summed E-state index contributed by atoms with van der Waals surface area (Å²) < 4.78 is 2.06. The third-order valence-electron chi connectivity index (χ3n) is 4.10. The van der Waals surface area contributed by atoms with Gasteiger partial charge in [0.25, 0.3) is 0 Å². The Kier molecular flexibility index (Phi) is 4.45. The zero-order valence-corrected chi connectivity index (χ0v) is 13.0. The van der Waals surface area contributed by atoms with E-state index in [1.807, 2.05) is 39.1 Å². The molecular formula is C16H25N3O. The number of nitrogens with one attached hydrogen (secondary N) is 1. The lowest BCUT2D eigenvalue weighted by Crippen LogP contribution is -2.38. The molecule has 4 nitrogen and oxygen atoms in total. The van der Waals surface area contributed by atoms with Gasteiger partial charge in [-0.1, -0.05) is 13.0 Å². The van der Waals surface area contributed by atoms with Crippen molar-refractivity contribution in [2.45, 2.75) is 52.3 Å². The van der Waals surface area contributed by atoms with Gasteiger partial charge in [0.05, 0.1) is 17.1 Å². The summed E-state index contributed by atoms with van der Waals surface area (Å²) in [5, 5.41) is 13.9. The summed E-state index contributed by atoms with van der Waals surface area (Å²) in [6.45, 7) is 8.28. The first-order valence-electron chi connectivity index (χ1n) is 7.31. The SMILES string of the molecule is CCC(C)NC(C)C(O)c1ccc2c(c1)nc(C)n2C. The van der Waals surface area contributed by atoms with Crippen LogP contribution in [0.4, 0.5) is 0 Å². The minimum Gasteiger partial charge on any atom is -0.387 e. The Bertz CT molecular complexity index is 591. The Morgan fingerprint density at radius 3 is 2.70 bits per heavy atom. The van der Waals surface area contributed by atoms with Gasteiger partial charge in [-0.05, 0) is 44.9 Å². The monoisotopic (exact) mass is 275 g/mol. The quantitative estimate of drug-likeness (QED) is 0.882. The van der Waals surface area contributed by atoms with Crippen molar-refractivity contribution in [3.63, 3.8) is 0 Å². The molecule has 0 bridgehead atoms. The highest BCUT2D eigenvalue weighted by molar-refractivity contribution is 5.76. The number of aryl methyl sites for hydroxylation is 2. The molecule has 20 heavy (non-hydrogen) atoms. The van der Waals surface area contributed by atoms with E-state index in [1.165, 1.54) is 0 Å². The standard InChI is InChI=1S/C16H25N3O/c1-6-10(2)17-11(3)16(20)13-7-8-15-14(9-13)18-12(4)19(15)5/h7-11,16-17,20H,6H2,1-5H3. The van der Waals surface area contributed by atoms with Gasteiger partial charge in [0.15, 0.2) is 0 Å². The lowest BCUT2D eigenvalue weighted by atomic mass is 10.0. The molecule has 0 aliphatic rings. The van der Waals surface area contributed by atoms with Crippen molar-refractivity contribution in [1.29, 1.82) is 0 Å². The predicted octanol–water partition coefficient (Wildman–Crippen LogP) is 2.69. The van der Waals surface area contributed by atoms with E-state index >= 15 is 0 Å². The Morgan fingerprint density at radius 2 is 2.05 bits per heavy atom. The molecule has 2 rings (SSSR count). The van der Waals surface area contributed by atoms with E-state index in [1.54, 1.807) is 0 Å². The zero-order valence-electron chi connectivity index (χ0n) is 13.0. The summed E-state index contributed by atoms with van der Waals surface area (Å²) >= 11 is 0. The molecule has 1 aromatic heterocycles. The maximum Gasteiger partial charge on any atom is 0.106 e. The zero-order chi connectivity index (χ0) is 14.9. The molecule has 110 valence electrons. The van der Waals surface area contributed by atoms with Crippen LogP contribution in [0.15, 0.2) is 18.2 Å². The first kappa shape index (κ1) is 15.0. The lowest BCUT2D eigenvalue weighted by molar-refractivity contribution is 0.130. The molecule has 0 spiro atoms. The predicted molar refractivity (Wildman–Crippen MR) is 82.8 cm³/mol. The summed E-state index contributed by atoms with van der Waals surface area (Å²) in [6.07, 6.45) is 0.533. The molecule has 0 radical (unpaired) electrons. The topological polar surface area (TPSA) is 50.1 Å². The van der Waals surface area contributed by atoms with Crippen LogP contribution in [0.2, 0.25) is 0 Å². The molecule has 3 unspecified atom stereocenters. The van der Waals surface area contributed by atoms with E-state index in [2.05, 4.69) is 28.7 Å². The van der Waals surface area contributed by atoms with Crippen LogP contribution in [0.3, 0.4) is 0 Å². The fraction of sp³-hybridized carbons (Fsp3) is 0.562. The third-order valence-corrected chi connectivity index (χ3v) is 4.10. The number of aliphatic hydroxyl groups excluding tert-OH is 1. The molecule has 3 atom stereocenters. The fourth-order valence-corrected chi connectivity index (χ4v) is 2.47. The van der Waals surface area contributed by atoms with Crippen molar-refractivity contribution < 1.29 is 5.11 Å². The summed E-state index contributed by atoms with van der Waals surface area (Å²) in [5.41, 5.74) is 2.96. The highest BCUT2D eigenvalue weighted by Gasteiger charge is 2.18. The first-order valence-corrected chi connectivity index (χ1v) is 7.31. The van der Waals surface area contributed by atoms with Crippen LogP contribution in [0.1, 0.15) is 44.7 Å². The number of hydrogen-bond acceptors (Lipinski definition) is 3. The van der Waals surface area contributed by atoms with Gasteiger partial charge in [-0.3, -0.25) is 0 Å². The van der Waals surface area contributed by atoms with Gasteiger partial charge in [0.2, 0.25) is 0 Å². The second-order valence-electron chi connectivity index (χ2n) is 5.68. The van der Waals surface area contributed by atoms with Crippen LogP contribution in [-0.2, 0) is 7.05 Å². The van der Waals surface area contributed by atoms with E-state index in [0.717, 1.165) is 28.8 Å². The van der Waals surface area contributed by atoms with E-state index in [9.17, 15) is 5.11 Å². The maximum atomic E-state index is 10.5. The molecule has 0 aliphatic heterocycles. The average Bonchev–Trinajstić information content (AvgIpc) is 2.72. The molecule has 1 aromatic carbocycles. The summed E-state index contributed by atoms with van der Waals surface area (Å²) in [4.78, 5) is 4.52. The number of hydrogen-bond donors (Lipinski definition) is 2. The minimum atomic E-state index is -0.518. The molecule has 0 fully saturated rings. The minimum absolute atomic E-state index is 0.0206. The fourth-order valence-electron chi connectivity index (χ4n) is 2.47. The summed E-state index contributed by atoms with van der Waals surface area (Å²) in [7, 11) is 2.01. The van der Waals surface area contributed by atoms with Crippen molar-refractivity contribution in [3.05, 3.63) is 29.6 Å². The average molecular weight is 275 g/mol. The number of aliphatic hydroxyl groups is 1. The second-order valence-corrected chi connectivity index (χ2v) is 5.68. The van der Waals surface area contributed by atoms with Gasteiger partial charge in [0, 0.05) is 19.1 Å². The van der Waals surface area contributed by atoms with Gasteiger partial charge in [0.1, 0.15) is 5.82 Å². The molecule has 4 heteroatoms. The normalized spacial score (nSPS) is 16.3. The van der Waals surface area contributed by atoms with Crippen molar-refractivity contribution >= 4 is 11.0 Å². The number of benzene rings is 1. The van der Waals surface area contributed by atoms with Crippen LogP contribution < -0.4 is 5.32 Å². The van der Waals surface area contributed by atoms with E-state index in [0.29, 0.717) is 6.04 Å². The van der Waals surface area contributed by atoms with Gasteiger partial charge in [-0.2, -0.15) is 0 Å². The number of aromatic nitrogens is 2. The van der Waals surface area contributed by atoms with Crippen LogP contribution in [0.25, 0.3) is 11.0 Å². The smallest absolute Gasteiger partial charge is 0.106 e. The van der Waals surface area contributed by atoms with Crippen LogP contribution in [0.5, 0.6) is 0 Å². The number of nitrogens with zero attached hydrogens (tertiary/aromatic N) is 2. The van der Waals surface area contributed by atoms with Crippen molar-refractivity contribution in [1.82, 2.24) is 14.9 Å². The molecule has 0 saturated carbocycles. The summed E-state index contributed by atoms with van der Waals surface area (Å²) in [6, 6.07) is 6.43. The third kappa shape index (κ3) is 2.86. The van der Waals surface area contributed by atoms with Gasteiger partial charge >= 0.3 is 0 Å². The molecule has 0 amide bonds. The Labute approximate surface area is 120 Å². The second kappa shape index (κ2) is 5.94. The molecule has 1 heterocycles. The van der Waals surface area contributed by atoms with E-state index in [-0.39, 0.29) is 6.04 Å². The lowest BCUT2D eigenvalue weighted by Gasteiger charge is -2.24. The summed E-state index contributed by atoms with van der Waals surface area (Å²) in [5.74, 6) is 0.984. The molecule has 0 saturated heterocycles. The largest absolute Gasteiger partial charge is 0.387 e. The molecule has 2 N–H and O–H groups in total. The van der Waals surface area contributed by atoms with Gasteiger partial charge in [-0.25, -0.2) is 4.98 Å². The van der Waals surface area contributed by atoms with E-state index < -0.39 is 6.10 Å². The number of fused-ring (bicyclic) bond motifs is 1. The Hall–Kier alpha value is -1.39. The maximum absolute atomic E-state index is 10.5. The van der Waals surface area contributed by atoms with Gasteiger partial charge in [-0.15, -0.1) is 0 Å². The van der Waals surface area contributed by atoms with Crippen LogP contribution in [-0.4, -0.2) is 26.7 Å². The van der Waals surface area contributed by atoms with Gasteiger partial charge < -0.3 is 15.0 Å². The Balaban J connectivity index is 2.24. The Morgan fingerprint density at radius 1 is 1.35 bits per heavy atom. The molecule has 0 aliphatic carbocycles. The number of rotatable bonds is 5. The van der Waals surface area contributed by atoms with Crippen molar-refractivity contribution in [2.75, 3.05) is 0 Å².